The third-order valence-corrected chi connectivity index (χ3v) is 16.3. The summed E-state index contributed by atoms with van der Waals surface area (Å²) in [4.78, 5) is 33.3. The van der Waals surface area contributed by atoms with Crippen molar-refractivity contribution in [1.29, 1.82) is 0 Å². The number of hydrogen-bond acceptors (Lipinski definition) is 11. The van der Waals surface area contributed by atoms with Gasteiger partial charge in [0, 0.05) is 82.1 Å². The van der Waals surface area contributed by atoms with Crippen LogP contribution in [-0.2, 0) is 43.0 Å². The van der Waals surface area contributed by atoms with Crippen molar-refractivity contribution in [2.45, 2.75) is 68.8 Å². The Morgan fingerprint density at radius 2 is 1.85 bits per heavy atom. The van der Waals surface area contributed by atoms with E-state index in [2.05, 4.69) is 42.2 Å². The zero-order valence-corrected chi connectivity index (χ0v) is 37.4. The maximum atomic E-state index is 15.4. The molecule has 61 heavy (non-hydrogen) atoms. The molecule has 3 aliphatic heterocycles. The number of benzene rings is 2. The number of morpholine rings is 1. The van der Waals surface area contributed by atoms with Crippen LogP contribution in [0.1, 0.15) is 71.4 Å². The van der Waals surface area contributed by atoms with Crippen molar-refractivity contribution < 1.29 is 37.5 Å². The largest absolute Gasteiger partial charge is 0.490 e. The lowest BCUT2D eigenvalue weighted by Gasteiger charge is -2.46. The van der Waals surface area contributed by atoms with Crippen LogP contribution >= 0.6 is 11.6 Å². The highest BCUT2D eigenvalue weighted by atomic mass is 35.5. The first-order chi connectivity index (χ1) is 29.4. The Morgan fingerprint density at radius 3 is 2.61 bits per heavy atom. The smallest absolute Gasteiger partial charge is 0.286 e. The van der Waals surface area contributed by atoms with E-state index in [-0.39, 0.29) is 41.1 Å². The van der Waals surface area contributed by atoms with Gasteiger partial charge in [0.2, 0.25) is 5.88 Å². The molecule has 8 rings (SSSR count). The molecule has 2 amide bonds. The molecule has 2 fully saturated rings. The number of aryl methyl sites for hydroxylation is 2. The van der Waals surface area contributed by atoms with Crippen LogP contribution in [0, 0.1) is 17.8 Å². The molecule has 1 unspecified atom stereocenters. The van der Waals surface area contributed by atoms with Crippen molar-refractivity contribution in [2.24, 2.45) is 29.2 Å². The van der Waals surface area contributed by atoms with E-state index in [0.29, 0.717) is 44.6 Å². The second-order valence-corrected chi connectivity index (χ2v) is 20.1. The molecule has 16 heteroatoms. The molecule has 330 valence electrons. The lowest BCUT2D eigenvalue weighted by atomic mass is 9.68. The molecule has 1 spiro atoms. The summed E-state index contributed by atoms with van der Waals surface area (Å²) in [6.45, 7) is 9.29. The zero-order chi connectivity index (χ0) is 42.9. The summed E-state index contributed by atoms with van der Waals surface area (Å²) >= 11 is 6.51. The monoisotopic (exact) mass is 878 g/mol. The van der Waals surface area contributed by atoms with Gasteiger partial charge in [-0.1, -0.05) is 36.7 Å². The molecule has 2 aromatic carbocycles. The minimum absolute atomic E-state index is 0.0846. The van der Waals surface area contributed by atoms with Gasteiger partial charge in [-0.25, -0.2) is 4.21 Å². The summed E-state index contributed by atoms with van der Waals surface area (Å²) in [7, 11) is 1.17. The Balaban J connectivity index is 1.17. The molecule has 1 N–H and O–H groups in total. The van der Waals surface area contributed by atoms with Crippen LogP contribution in [0.2, 0.25) is 5.02 Å². The molecule has 5 aliphatic rings. The fourth-order valence-electron chi connectivity index (χ4n) is 9.82. The van der Waals surface area contributed by atoms with Crippen molar-refractivity contribution in [3.63, 3.8) is 0 Å². The number of aromatic nitrogens is 2. The maximum absolute atomic E-state index is 15.4. The quantitative estimate of drug-likeness (QED) is 0.272. The SMILES string of the molecule is CO[C@H]1/C=C/[C@H](OC)[C@@H]2CC[C@H]2CN2C[C@@]3(CCCc4cc(Cl)ccc43)COc3ccc(cc32)C(=O)N=S(=O)(NC(=O)c2cn(C)nc2OCCN2CCOCC2)[C@H](C)[C@H]1C. The van der Waals surface area contributed by atoms with Gasteiger partial charge in [0.15, 0.2) is 0 Å². The summed E-state index contributed by atoms with van der Waals surface area (Å²) in [5.74, 6) is -0.567. The number of carbonyl (C=O) groups excluding carboxylic acids is 2. The molecule has 3 aromatic rings. The van der Waals surface area contributed by atoms with E-state index < -0.39 is 39.0 Å². The van der Waals surface area contributed by atoms with E-state index in [4.69, 9.17) is 35.3 Å². The average Bonchev–Trinajstić information content (AvgIpc) is 3.55. The van der Waals surface area contributed by atoms with Crippen LogP contribution in [0.25, 0.3) is 0 Å². The van der Waals surface area contributed by atoms with Crippen LogP contribution in [0.4, 0.5) is 5.69 Å². The van der Waals surface area contributed by atoms with E-state index in [1.165, 1.54) is 22.0 Å². The number of amides is 2. The van der Waals surface area contributed by atoms with E-state index in [9.17, 15) is 9.59 Å². The van der Waals surface area contributed by atoms with Crippen LogP contribution in [0.5, 0.6) is 11.6 Å². The summed E-state index contributed by atoms with van der Waals surface area (Å²) in [5.41, 5.74) is 3.30. The molecule has 1 aromatic heterocycles. The number of anilines is 1. The third kappa shape index (κ3) is 9.10. The Bertz CT molecular complexity index is 2250. The molecule has 8 atom stereocenters. The number of rotatable bonds is 8. The minimum Gasteiger partial charge on any atom is -0.490 e. The molecular weight excluding hydrogens is 820 g/mol. The van der Waals surface area contributed by atoms with Crippen LogP contribution in [0.15, 0.2) is 59.1 Å². The van der Waals surface area contributed by atoms with Gasteiger partial charge in [0.25, 0.3) is 11.8 Å². The fraction of sp³-hybridized carbons (Fsp3) is 0.578. The van der Waals surface area contributed by atoms with Gasteiger partial charge in [0.05, 0.1) is 43.0 Å². The van der Waals surface area contributed by atoms with Gasteiger partial charge in [0.1, 0.15) is 27.8 Å². The highest BCUT2D eigenvalue weighted by Crippen LogP contribution is 2.47. The predicted molar refractivity (Wildman–Crippen MR) is 234 cm³/mol. The summed E-state index contributed by atoms with van der Waals surface area (Å²) in [5, 5.41) is 4.26. The van der Waals surface area contributed by atoms with Crippen molar-refractivity contribution in [3.05, 3.63) is 82.0 Å². The number of halogens is 1. The Morgan fingerprint density at radius 1 is 1.07 bits per heavy atom. The second-order valence-electron chi connectivity index (χ2n) is 17.4. The van der Waals surface area contributed by atoms with Gasteiger partial charge >= 0.3 is 0 Å². The normalized spacial score (nSPS) is 31.1. The topological polar surface area (TPSA) is 146 Å². The third-order valence-electron chi connectivity index (χ3n) is 13.7. The van der Waals surface area contributed by atoms with E-state index in [0.717, 1.165) is 62.4 Å². The molecule has 0 radical (unpaired) electrons. The number of ether oxygens (including phenoxy) is 5. The molecule has 2 bridgehead atoms. The van der Waals surface area contributed by atoms with Crippen molar-refractivity contribution in [1.82, 2.24) is 19.4 Å². The first-order valence-corrected chi connectivity index (χ1v) is 23.5. The summed E-state index contributed by atoms with van der Waals surface area (Å²) in [6.07, 6.45) is 9.76. The zero-order valence-electron chi connectivity index (χ0n) is 35.8. The van der Waals surface area contributed by atoms with Gasteiger partial charge in [-0.15, -0.1) is 9.46 Å². The molecule has 4 heterocycles. The first kappa shape index (κ1) is 43.7. The number of carbonyl (C=O) groups is 2. The number of nitrogens with zero attached hydrogens (tertiary/aromatic N) is 5. The first-order valence-electron chi connectivity index (χ1n) is 21.5. The van der Waals surface area contributed by atoms with Crippen molar-refractivity contribution in [2.75, 3.05) is 78.3 Å². The fourth-order valence-corrected chi connectivity index (χ4v) is 11.9. The molecule has 1 saturated carbocycles. The number of methoxy groups -OCH3 is 2. The van der Waals surface area contributed by atoms with Gasteiger partial charge in [-0.05, 0) is 92.3 Å². The Labute approximate surface area is 364 Å². The molecule has 1 saturated heterocycles. The average molecular weight is 880 g/mol. The maximum Gasteiger partial charge on any atom is 0.286 e. The van der Waals surface area contributed by atoms with Crippen molar-refractivity contribution >= 4 is 39.0 Å². The minimum atomic E-state index is -3.85. The number of fused-ring (bicyclic) bond motifs is 4. The van der Waals surface area contributed by atoms with Crippen LogP contribution < -0.4 is 19.1 Å². The van der Waals surface area contributed by atoms with E-state index >= 15 is 4.21 Å². The van der Waals surface area contributed by atoms with Gasteiger partial charge < -0.3 is 28.6 Å². The Kier molecular flexibility index (Phi) is 13.2. The van der Waals surface area contributed by atoms with Crippen LogP contribution in [-0.4, -0.2) is 122 Å². The van der Waals surface area contributed by atoms with E-state index in [1.807, 2.05) is 31.2 Å². The van der Waals surface area contributed by atoms with E-state index in [1.54, 1.807) is 34.3 Å². The van der Waals surface area contributed by atoms with Crippen molar-refractivity contribution in [3.8, 4) is 11.6 Å². The highest BCUT2D eigenvalue weighted by molar-refractivity contribution is 7.93. The van der Waals surface area contributed by atoms with Crippen LogP contribution in [0.3, 0.4) is 0 Å². The molecule has 14 nitrogen and oxygen atoms in total. The number of nitrogens with one attached hydrogen (secondary N) is 1. The molecular formula is C45H59ClN6O8S. The number of hydrogen-bond donors (Lipinski definition) is 1. The predicted octanol–water partition coefficient (Wildman–Crippen LogP) is 5.86. The lowest BCUT2D eigenvalue weighted by Crippen LogP contribution is -2.49. The van der Waals surface area contributed by atoms with Gasteiger partial charge in [-0.3, -0.25) is 23.9 Å². The lowest BCUT2D eigenvalue weighted by molar-refractivity contribution is 0.0119. The second kappa shape index (κ2) is 18.4. The molecule has 2 aliphatic carbocycles. The highest BCUT2D eigenvalue weighted by Gasteiger charge is 2.45. The Hall–Kier alpha value is -3.99. The van der Waals surface area contributed by atoms with Gasteiger partial charge in [-0.2, -0.15) is 0 Å². The summed E-state index contributed by atoms with van der Waals surface area (Å²) in [6, 6.07) is 11.5. The standard InChI is InChI=1S/C45H59ClN6O8S/c1-29-30(2)61(55,49-43(54)36-26-50(3)47-44(36)59-22-19-51-17-20-58-21-18-51)48-42(53)32-9-13-41-38(24-32)52(25-33-8-11-35(33)40(57-5)15-14-39(29)56-4)27-45(28-60-41)16-6-7-31-23-34(46)10-12-37(31)45/h9-10,12-15,23-24,26,29-30,33,35,39-40H,6-8,11,16-22,25,27-28H2,1-5H3,(H,48,49,53,54,55)/b15-14+/t29-,30-,33+,35-,39+,40+,45+,61?/m1/s1. The summed E-state index contributed by atoms with van der Waals surface area (Å²) < 4.78 is 54.4.